The monoisotopic (exact) mass is 539 g/mol. The van der Waals surface area contributed by atoms with Gasteiger partial charge in [0.15, 0.2) is 0 Å². The second-order valence-corrected chi connectivity index (χ2v) is 11.2. The smallest absolute Gasteiger partial charge is 0.408 e. The third-order valence-corrected chi connectivity index (χ3v) is 6.04. The number of rotatable bonds is 12. The molecule has 0 saturated carbocycles. The topological polar surface area (TPSA) is 97.0 Å². The molecule has 2 atom stereocenters. The summed E-state index contributed by atoms with van der Waals surface area (Å²) in [7, 11) is 1.58. The summed E-state index contributed by atoms with van der Waals surface area (Å²) in [5, 5.41) is 5.75. The number of aryl methyl sites for hydroxylation is 1. The van der Waals surface area contributed by atoms with Gasteiger partial charge in [0.05, 0.1) is 7.11 Å². The Morgan fingerprint density at radius 3 is 2.10 bits per heavy atom. The first-order valence-electron chi connectivity index (χ1n) is 13.7. The maximum atomic E-state index is 14.2. The third kappa shape index (κ3) is 10.3. The molecule has 0 saturated heterocycles. The van der Waals surface area contributed by atoms with Crippen LogP contribution in [0, 0.1) is 12.8 Å². The molecule has 2 rings (SSSR count). The standard InChI is InChI=1S/C31H45N3O5/c1-9-10-19-34(29(36)26(20-21(2)3)33-30(37)39-31(5,6)7)27(23-13-11-22(4)12-14-23)28(35)32-24-15-17-25(38-8)18-16-24/h11-18,21,26-27H,9-10,19-20H2,1-8H3,(H,32,35)(H,33,37). The van der Waals surface area contributed by atoms with Gasteiger partial charge in [-0.05, 0) is 76.3 Å². The van der Waals surface area contributed by atoms with E-state index in [1.165, 1.54) is 0 Å². The number of nitrogens with one attached hydrogen (secondary N) is 2. The van der Waals surface area contributed by atoms with E-state index < -0.39 is 23.8 Å². The molecule has 0 radical (unpaired) electrons. The summed E-state index contributed by atoms with van der Waals surface area (Å²) in [6.07, 6.45) is 1.27. The molecule has 0 aliphatic heterocycles. The van der Waals surface area contributed by atoms with E-state index in [1.54, 1.807) is 57.0 Å². The Hall–Kier alpha value is -3.55. The number of benzene rings is 2. The zero-order chi connectivity index (χ0) is 29.2. The van der Waals surface area contributed by atoms with Crippen LogP contribution in [0.15, 0.2) is 48.5 Å². The molecule has 39 heavy (non-hydrogen) atoms. The van der Waals surface area contributed by atoms with Gasteiger partial charge in [-0.2, -0.15) is 0 Å². The molecule has 2 aromatic rings. The van der Waals surface area contributed by atoms with Crippen molar-refractivity contribution in [3.8, 4) is 5.75 Å². The highest BCUT2D eigenvalue weighted by molar-refractivity contribution is 5.99. The van der Waals surface area contributed by atoms with Gasteiger partial charge >= 0.3 is 6.09 Å². The molecule has 3 amide bonds. The minimum atomic E-state index is -0.901. The second-order valence-electron chi connectivity index (χ2n) is 11.2. The Morgan fingerprint density at radius 1 is 0.974 bits per heavy atom. The fourth-order valence-corrected chi connectivity index (χ4v) is 4.14. The molecule has 0 aliphatic rings. The molecule has 0 aliphatic carbocycles. The number of hydrogen-bond acceptors (Lipinski definition) is 5. The van der Waals surface area contributed by atoms with E-state index in [2.05, 4.69) is 10.6 Å². The lowest BCUT2D eigenvalue weighted by molar-refractivity contribution is -0.141. The number of anilines is 1. The van der Waals surface area contributed by atoms with Gasteiger partial charge in [0.1, 0.15) is 23.4 Å². The molecular formula is C31H45N3O5. The van der Waals surface area contributed by atoms with Crippen LogP contribution < -0.4 is 15.4 Å². The van der Waals surface area contributed by atoms with Gasteiger partial charge < -0.3 is 25.0 Å². The molecule has 0 aromatic heterocycles. The molecule has 8 heteroatoms. The largest absolute Gasteiger partial charge is 0.497 e. The highest BCUT2D eigenvalue weighted by atomic mass is 16.6. The van der Waals surface area contributed by atoms with Crippen LogP contribution in [0.5, 0.6) is 5.75 Å². The van der Waals surface area contributed by atoms with Crippen molar-refractivity contribution in [2.24, 2.45) is 5.92 Å². The van der Waals surface area contributed by atoms with E-state index in [-0.39, 0.29) is 17.7 Å². The number of methoxy groups -OCH3 is 1. The molecule has 2 N–H and O–H groups in total. The highest BCUT2D eigenvalue weighted by Gasteiger charge is 2.36. The molecule has 2 unspecified atom stereocenters. The lowest BCUT2D eigenvalue weighted by Crippen LogP contribution is -2.53. The Labute approximate surface area is 233 Å². The molecule has 214 valence electrons. The summed E-state index contributed by atoms with van der Waals surface area (Å²) >= 11 is 0. The van der Waals surface area contributed by atoms with E-state index >= 15 is 0 Å². The lowest BCUT2D eigenvalue weighted by atomic mass is 9.98. The number of hydrogen-bond donors (Lipinski definition) is 2. The minimum Gasteiger partial charge on any atom is -0.497 e. The van der Waals surface area contributed by atoms with Crippen molar-refractivity contribution in [2.45, 2.75) is 85.4 Å². The zero-order valence-corrected chi connectivity index (χ0v) is 24.7. The number of carbonyl (C=O) groups excluding carboxylic acids is 3. The number of unbranched alkanes of at least 4 members (excludes halogenated alkanes) is 1. The quantitative estimate of drug-likeness (QED) is 0.332. The second kappa shape index (κ2) is 14.6. The van der Waals surface area contributed by atoms with Gasteiger partial charge in [0.25, 0.3) is 5.91 Å². The molecule has 8 nitrogen and oxygen atoms in total. The maximum Gasteiger partial charge on any atom is 0.408 e. The van der Waals surface area contributed by atoms with E-state index in [1.807, 2.05) is 52.0 Å². The van der Waals surface area contributed by atoms with Gasteiger partial charge in [0, 0.05) is 12.2 Å². The number of ether oxygens (including phenoxy) is 2. The van der Waals surface area contributed by atoms with Crippen molar-refractivity contribution >= 4 is 23.6 Å². The van der Waals surface area contributed by atoms with Crippen LogP contribution in [-0.4, -0.2) is 48.1 Å². The van der Waals surface area contributed by atoms with Crippen molar-refractivity contribution in [1.29, 1.82) is 0 Å². The first-order valence-corrected chi connectivity index (χ1v) is 13.7. The maximum absolute atomic E-state index is 14.2. The average Bonchev–Trinajstić information content (AvgIpc) is 2.85. The number of carbonyl (C=O) groups is 3. The van der Waals surface area contributed by atoms with Crippen LogP contribution in [-0.2, 0) is 14.3 Å². The van der Waals surface area contributed by atoms with Crippen molar-refractivity contribution in [1.82, 2.24) is 10.2 Å². The minimum absolute atomic E-state index is 0.118. The van der Waals surface area contributed by atoms with Crippen LogP contribution >= 0.6 is 0 Å². The van der Waals surface area contributed by atoms with E-state index in [9.17, 15) is 14.4 Å². The van der Waals surface area contributed by atoms with Gasteiger partial charge in [-0.3, -0.25) is 9.59 Å². The summed E-state index contributed by atoms with van der Waals surface area (Å²) in [6, 6.07) is 12.9. The van der Waals surface area contributed by atoms with Crippen molar-refractivity contribution in [3.05, 3.63) is 59.7 Å². The summed E-state index contributed by atoms with van der Waals surface area (Å²) < 4.78 is 10.7. The van der Waals surface area contributed by atoms with E-state index in [0.29, 0.717) is 36.4 Å². The molecule has 0 heterocycles. The van der Waals surface area contributed by atoms with Crippen LogP contribution in [0.3, 0.4) is 0 Å². The molecule has 2 aromatic carbocycles. The molecule has 0 bridgehead atoms. The fourth-order valence-electron chi connectivity index (χ4n) is 4.14. The summed E-state index contributed by atoms with van der Waals surface area (Å²) in [6.45, 7) is 13.7. The van der Waals surface area contributed by atoms with Crippen LogP contribution in [0.4, 0.5) is 10.5 Å². The zero-order valence-electron chi connectivity index (χ0n) is 24.7. The predicted octanol–water partition coefficient (Wildman–Crippen LogP) is 6.25. The van der Waals surface area contributed by atoms with E-state index in [0.717, 1.165) is 12.0 Å². The summed E-state index contributed by atoms with van der Waals surface area (Å²) in [5.74, 6) is 0.132. The normalized spacial score (nSPS) is 12.8. The predicted molar refractivity (Wildman–Crippen MR) is 155 cm³/mol. The Morgan fingerprint density at radius 2 is 1.59 bits per heavy atom. The first kappa shape index (κ1) is 31.7. The van der Waals surface area contributed by atoms with Crippen LogP contribution in [0.2, 0.25) is 0 Å². The average molecular weight is 540 g/mol. The fraction of sp³-hybridized carbons (Fsp3) is 0.516. The SMILES string of the molecule is CCCCN(C(=O)C(CC(C)C)NC(=O)OC(C)(C)C)C(C(=O)Nc1ccc(OC)cc1)c1ccc(C)cc1. The van der Waals surface area contributed by atoms with E-state index in [4.69, 9.17) is 9.47 Å². The number of nitrogens with zero attached hydrogens (tertiary/aromatic N) is 1. The number of alkyl carbamates (subject to hydrolysis) is 1. The van der Waals surface area contributed by atoms with Crippen LogP contribution in [0.1, 0.15) is 78.0 Å². The first-order chi connectivity index (χ1) is 18.3. The van der Waals surface area contributed by atoms with Gasteiger partial charge in [-0.25, -0.2) is 4.79 Å². The third-order valence-electron chi connectivity index (χ3n) is 6.04. The lowest BCUT2D eigenvalue weighted by Gasteiger charge is -2.35. The van der Waals surface area contributed by atoms with Gasteiger partial charge in [0.2, 0.25) is 5.91 Å². The Kier molecular flexibility index (Phi) is 11.8. The van der Waals surface area contributed by atoms with Gasteiger partial charge in [-0.1, -0.05) is 57.0 Å². The molecule has 0 spiro atoms. The summed E-state index contributed by atoms with van der Waals surface area (Å²) in [5.41, 5.74) is 1.62. The van der Waals surface area contributed by atoms with Crippen LogP contribution in [0.25, 0.3) is 0 Å². The Bertz CT molecular complexity index is 1070. The van der Waals surface area contributed by atoms with Crippen molar-refractivity contribution < 1.29 is 23.9 Å². The molecular weight excluding hydrogens is 494 g/mol. The van der Waals surface area contributed by atoms with Crippen molar-refractivity contribution in [3.63, 3.8) is 0 Å². The van der Waals surface area contributed by atoms with Gasteiger partial charge in [-0.15, -0.1) is 0 Å². The highest BCUT2D eigenvalue weighted by Crippen LogP contribution is 2.27. The molecule has 0 fully saturated rings. The Balaban J connectivity index is 2.49. The summed E-state index contributed by atoms with van der Waals surface area (Å²) in [4.78, 5) is 42.3. The van der Waals surface area contributed by atoms with Crippen molar-refractivity contribution in [2.75, 3.05) is 19.0 Å². The number of amides is 3.